The molecule has 0 aromatic carbocycles. The van der Waals surface area contributed by atoms with Gasteiger partial charge in [0.1, 0.15) is 0 Å². The lowest BCUT2D eigenvalue weighted by Gasteiger charge is -2.13. The second-order valence-corrected chi connectivity index (χ2v) is 4.02. The first-order valence-electron chi connectivity index (χ1n) is 5.56. The molecule has 0 fully saturated rings. The third-order valence-corrected chi connectivity index (χ3v) is 2.10. The Morgan fingerprint density at radius 3 is 2.65 bits per heavy atom. The minimum absolute atomic E-state index is 0.109. The van der Waals surface area contributed by atoms with Gasteiger partial charge in [-0.3, -0.25) is 0 Å². The van der Waals surface area contributed by atoms with Crippen molar-refractivity contribution < 1.29 is 4.74 Å². The molecule has 0 aliphatic heterocycles. The smallest absolute Gasteiger partial charge is 0.229 e. The van der Waals surface area contributed by atoms with Crippen molar-refractivity contribution in [3.05, 3.63) is 5.28 Å². The number of ether oxygens (including phenoxy) is 1. The maximum absolute atomic E-state index is 5.82. The highest BCUT2D eigenvalue weighted by Gasteiger charge is 2.07. The molecule has 7 heteroatoms. The molecule has 0 saturated carbocycles. The predicted molar refractivity (Wildman–Crippen MR) is 68.6 cm³/mol. The molecule has 17 heavy (non-hydrogen) atoms. The highest BCUT2D eigenvalue weighted by molar-refractivity contribution is 6.28. The van der Waals surface area contributed by atoms with Crippen molar-refractivity contribution in [2.24, 2.45) is 0 Å². The van der Waals surface area contributed by atoms with Gasteiger partial charge in [-0.05, 0) is 24.9 Å². The number of nitrogens with one attached hydrogen (secondary N) is 2. The third-order valence-electron chi connectivity index (χ3n) is 1.93. The first kappa shape index (κ1) is 13.9. The topological polar surface area (TPSA) is 72.0 Å². The molecule has 0 amide bonds. The van der Waals surface area contributed by atoms with Crippen molar-refractivity contribution in [3.63, 3.8) is 0 Å². The molecule has 0 radical (unpaired) electrons. The van der Waals surface area contributed by atoms with Gasteiger partial charge in [0, 0.05) is 19.7 Å². The van der Waals surface area contributed by atoms with Gasteiger partial charge in [0.15, 0.2) is 0 Å². The molecular formula is C10H18ClN5O. The van der Waals surface area contributed by atoms with Crippen LogP contribution >= 0.6 is 11.6 Å². The summed E-state index contributed by atoms with van der Waals surface area (Å²) in [7, 11) is 1.65. The molecule has 96 valence electrons. The zero-order valence-electron chi connectivity index (χ0n) is 10.3. The summed E-state index contributed by atoms with van der Waals surface area (Å²) >= 11 is 5.82. The van der Waals surface area contributed by atoms with E-state index in [1.165, 1.54) is 0 Å². The molecule has 6 nitrogen and oxygen atoms in total. The van der Waals surface area contributed by atoms with E-state index in [1.54, 1.807) is 7.11 Å². The van der Waals surface area contributed by atoms with Gasteiger partial charge in [0.2, 0.25) is 17.2 Å². The average Bonchev–Trinajstić information content (AvgIpc) is 2.25. The number of methoxy groups -OCH3 is 1. The Bertz CT molecular complexity index is 349. The highest BCUT2D eigenvalue weighted by Crippen LogP contribution is 2.10. The van der Waals surface area contributed by atoms with E-state index < -0.39 is 0 Å². The second-order valence-electron chi connectivity index (χ2n) is 3.68. The van der Waals surface area contributed by atoms with Gasteiger partial charge in [-0.15, -0.1) is 0 Å². The van der Waals surface area contributed by atoms with Crippen LogP contribution in [-0.4, -0.2) is 41.3 Å². The molecule has 1 aromatic heterocycles. The first-order chi connectivity index (χ1) is 8.15. The molecule has 1 rings (SSSR count). The summed E-state index contributed by atoms with van der Waals surface area (Å²) in [6.45, 7) is 5.41. The number of hydrogen-bond donors (Lipinski definition) is 2. The fourth-order valence-electron chi connectivity index (χ4n) is 1.24. The van der Waals surface area contributed by atoms with Crippen LogP contribution in [0.1, 0.15) is 20.3 Å². The molecule has 2 N–H and O–H groups in total. The third kappa shape index (κ3) is 5.14. The molecule has 1 aromatic rings. The van der Waals surface area contributed by atoms with Gasteiger partial charge < -0.3 is 15.4 Å². The Hall–Kier alpha value is -1.14. The molecule has 1 heterocycles. The molecule has 0 spiro atoms. The quantitative estimate of drug-likeness (QED) is 0.778. The van der Waals surface area contributed by atoms with E-state index in [9.17, 15) is 0 Å². The van der Waals surface area contributed by atoms with Gasteiger partial charge in [0.05, 0.1) is 6.61 Å². The van der Waals surface area contributed by atoms with Crippen LogP contribution in [0.3, 0.4) is 0 Å². The van der Waals surface area contributed by atoms with E-state index in [0.29, 0.717) is 18.5 Å². The predicted octanol–water partition coefficient (Wildman–Crippen LogP) is 1.79. The lowest BCUT2D eigenvalue weighted by atomic mass is 10.4. The van der Waals surface area contributed by atoms with Gasteiger partial charge in [-0.1, -0.05) is 6.92 Å². The Kier molecular flexibility index (Phi) is 5.93. The molecule has 0 bridgehead atoms. The summed E-state index contributed by atoms with van der Waals surface area (Å²) < 4.78 is 5.02. The summed E-state index contributed by atoms with van der Waals surface area (Å²) in [5.41, 5.74) is 0. The number of nitrogens with zero attached hydrogens (tertiary/aromatic N) is 3. The van der Waals surface area contributed by atoms with Crippen LogP contribution < -0.4 is 10.6 Å². The Morgan fingerprint density at radius 2 is 2.00 bits per heavy atom. The monoisotopic (exact) mass is 259 g/mol. The Balaban J connectivity index is 2.67. The van der Waals surface area contributed by atoms with Gasteiger partial charge >= 0.3 is 0 Å². The largest absolute Gasteiger partial charge is 0.383 e. The van der Waals surface area contributed by atoms with Gasteiger partial charge in [-0.2, -0.15) is 15.0 Å². The van der Waals surface area contributed by atoms with Crippen LogP contribution in [0, 0.1) is 0 Å². The zero-order chi connectivity index (χ0) is 12.7. The van der Waals surface area contributed by atoms with Crippen molar-refractivity contribution in [2.45, 2.75) is 26.3 Å². The van der Waals surface area contributed by atoms with Crippen LogP contribution in [0.15, 0.2) is 0 Å². The average molecular weight is 260 g/mol. The van der Waals surface area contributed by atoms with E-state index in [-0.39, 0.29) is 11.3 Å². The highest BCUT2D eigenvalue weighted by atomic mass is 35.5. The van der Waals surface area contributed by atoms with Crippen LogP contribution in [0.25, 0.3) is 0 Å². The maximum atomic E-state index is 5.82. The summed E-state index contributed by atoms with van der Waals surface area (Å²) in [4.78, 5) is 12.2. The molecular weight excluding hydrogens is 242 g/mol. The standard InChI is InChI=1S/C10H18ClN5O/c1-4-5-12-9-14-8(11)15-10(16-9)13-7(2)6-17-3/h7H,4-6H2,1-3H3,(H2,12,13,14,15,16). The summed E-state index contributed by atoms with van der Waals surface area (Å²) in [5, 5.41) is 6.32. The molecule has 0 aliphatic carbocycles. The van der Waals surface area contributed by atoms with Gasteiger partial charge in [-0.25, -0.2) is 0 Å². The van der Waals surface area contributed by atoms with E-state index >= 15 is 0 Å². The zero-order valence-corrected chi connectivity index (χ0v) is 11.1. The Morgan fingerprint density at radius 1 is 1.29 bits per heavy atom. The summed E-state index contributed by atoms with van der Waals surface area (Å²) in [6, 6.07) is 0.109. The summed E-state index contributed by atoms with van der Waals surface area (Å²) in [5.74, 6) is 0.937. The van der Waals surface area contributed by atoms with Crippen LogP contribution in [0.4, 0.5) is 11.9 Å². The van der Waals surface area contributed by atoms with Crippen molar-refractivity contribution in [3.8, 4) is 0 Å². The Labute approximate surface area is 106 Å². The summed E-state index contributed by atoms with van der Waals surface area (Å²) in [6.07, 6.45) is 0.992. The fourth-order valence-corrected chi connectivity index (χ4v) is 1.40. The number of hydrogen-bond acceptors (Lipinski definition) is 6. The van der Waals surface area contributed by atoms with E-state index in [2.05, 4.69) is 32.5 Å². The minimum atomic E-state index is 0.109. The number of anilines is 2. The van der Waals surface area contributed by atoms with E-state index in [0.717, 1.165) is 13.0 Å². The van der Waals surface area contributed by atoms with Crippen molar-refractivity contribution in [1.82, 2.24) is 15.0 Å². The normalized spacial score (nSPS) is 12.2. The molecule has 1 unspecified atom stereocenters. The van der Waals surface area contributed by atoms with Crippen molar-refractivity contribution in [2.75, 3.05) is 30.9 Å². The molecule has 0 saturated heterocycles. The minimum Gasteiger partial charge on any atom is -0.383 e. The molecule has 0 aliphatic rings. The lowest BCUT2D eigenvalue weighted by Crippen LogP contribution is -2.22. The second kappa shape index (κ2) is 7.24. The fraction of sp³-hybridized carbons (Fsp3) is 0.700. The molecule has 1 atom stereocenters. The van der Waals surface area contributed by atoms with Crippen molar-refractivity contribution in [1.29, 1.82) is 0 Å². The first-order valence-corrected chi connectivity index (χ1v) is 5.94. The van der Waals surface area contributed by atoms with Crippen molar-refractivity contribution >= 4 is 23.5 Å². The number of halogens is 1. The maximum Gasteiger partial charge on any atom is 0.229 e. The van der Waals surface area contributed by atoms with Crippen LogP contribution in [0.2, 0.25) is 5.28 Å². The lowest BCUT2D eigenvalue weighted by molar-refractivity contribution is 0.190. The number of aromatic nitrogens is 3. The SMILES string of the molecule is CCCNc1nc(Cl)nc(NC(C)COC)n1. The van der Waals surface area contributed by atoms with Crippen LogP contribution in [0.5, 0.6) is 0 Å². The van der Waals surface area contributed by atoms with Gasteiger partial charge in [0.25, 0.3) is 0 Å². The number of rotatable bonds is 7. The van der Waals surface area contributed by atoms with E-state index in [1.807, 2.05) is 6.92 Å². The van der Waals surface area contributed by atoms with E-state index in [4.69, 9.17) is 16.3 Å². The van der Waals surface area contributed by atoms with Crippen LogP contribution in [-0.2, 0) is 4.74 Å².